The van der Waals surface area contributed by atoms with E-state index in [-0.39, 0.29) is 12.5 Å². The van der Waals surface area contributed by atoms with Crippen molar-refractivity contribution in [3.05, 3.63) is 21.3 Å². The Hall–Kier alpha value is -0.580. The summed E-state index contributed by atoms with van der Waals surface area (Å²) in [5.41, 5.74) is 6.40. The zero-order chi connectivity index (χ0) is 12.3. The van der Waals surface area contributed by atoms with Crippen molar-refractivity contribution in [1.29, 1.82) is 0 Å². The second-order valence-electron chi connectivity index (χ2n) is 4.14. The number of carboxylic acid groups (broad SMARTS) is 1. The summed E-state index contributed by atoms with van der Waals surface area (Å²) >= 11 is 7.28. The Bertz CT molecular complexity index is 380. The summed E-state index contributed by atoms with van der Waals surface area (Å²) in [5, 5.41) is 10.9. The van der Waals surface area contributed by atoms with Crippen molar-refractivity contribution in [2.24, 2.45) is 5.73 Å². The maximum Gasteiger partial charge on any atom is 0.304 e. The van der Waals surface area contributed by atoms with Gasteiger partial charge in [-0.2, -0.15) is 0 Å². The van der Waals surface area contributed by atoms with Crippen LogP contribution < -0.4 is 5.73 Å². The quantitative estimate of drug-likeness (QED) is 0.857. The highest BCUT2D eigenvalue weighted by atomic mass is 35.5. The van der Waals surface area contributed by atoms with Crippen molar-refractivity contribution < 1.29 is 9.90 Å². The Balaban J connectivity index is 3.08. The first-order valence-electron chi connectivity index (χ1n) is 5.12. The normalized spacial score (nSPS) is 16.8. The monoisotopic (exact) mass is 261 g/mol. The van der Waals surface area contributed by atoms with Gasteiger partial charge in [-0.05, 0) is 23.4 Å². The molecule has 0 radical (unpaired) electrons. The predicted molar refractivity (Wildman–Crippen MR) is 67.2 cm³/mol. The molecule has 0 saturated heterocycles. The van der Waals surface area contributed by atoms with Gasteiger partial charge in [-0.3, -0.25) is 4.79 Å². The van der Waals surface area contributed by atoms with E-state index < -0.39 is 11.4 Å². The van der Waals surface area contributed by atoms with Crippen LogP contribution in [0.4, 0.5) is 0 Å². The van der Waals surface area contributed by atoms with Crippen molar-refractivity contribution >= 4 is 28.9 Å². The zero-order valence-corrected chi connectivity index (χ0v) is 10.9. The Labute approximate surface area is 104 Å². The Morgan fingerprint density at radius 1 is 1.75 bits per heavy atom. The number of aliphatic carboxylic acids is 1. The van der Waals surface area contributed by atoms with Gasteiger partial charge >= 0.3 is 5.97 Å². The molecule has 0 aliphatic heterocycles. The second kappa shape index (κ2) is 5.17. The lowest BCUT2D eigenvalue weighted by molar-refractivity contribution is -0.138. The molecule has 0 spiro atoms. The van der Waals surface area contributed by atoms with Gasteiger partial charge in [-0.1, -0.05) is 25.4 Å². The molecule has 0 aliphatic rings. The van der Waals surface area contributed by atoms with Crippen molar-refractivity contribution in [3.8, 4) is 0 Å². The Kier molecular flexibility index (Phi) is 4.35. The van der Waals surface area contributed by atoms with Gasteiger partial charge in [0.15, 0.2) is 0 Å². The van der Waals surface area contributed by atoms with E-state index in [2.05, 4.69) is 0 Å². The second-order valence-corrected chi connectivity index (χ2v) is 5.68. The molecule has 2 unspecified atom stereocenters. The van der Waals surface area contributed by atoms with E-state index >= 15 is 0 Å². The smallest absolute Gasteiger partial charge is 0.304 e. The maximum absolute atomic E-state index is 10.9. The topological polar surface area (TPSA) is 63.3 Å². The highest BCUT2D eigenvalue weighted by Gasteiger charge is 2.35. The SMILES string of the molecule is CCC(N)C(C)(CC(=O)O)c1csc(Cl)c1. The summed E-state index contributed by atoms with van der Waals surface area (Å²) < 4.78 is 0.662. The third-order valence-corrected chi connectivity index (χ3v) is 4.09. The van der Waals surface area contributed by atoms with Crippen LogP contribution in [0, 0.1) is 0 Å². The van der Waals surface area contributed by atoms with Crippen LogP contribution in [0.25, 0.3) is 0 Å². The fourth-order valence-corrected chi connectivity index (χ4v) is 2.84. The minimum absolute atomic E-state index is 0.0229. The fraction of sp³-hybridized carbons (Fsp3) is 0.545. The molecule has 16 heavy (non-hydrogen) atoms. The summed E-state index contributed by atoms with van der Waals surface area (Å²) in [4.78, 5) is 10.9. The maximum atomic E-state index is 10.9. The van der Waals surface area contributed by atoms with E-state index in [0.717, 1.165) is 12.0 Å². The van der Waals surface area contributed by atoms with E-state index in [4.69, 9.17) is 22.4 Å². The molecule has 1 aromatic rings. The molecule has 0 fully saturated rings. The zero-order valence-electron chi connectivity index (χ0n) is 9.37. The van der Waals surface area contributed by atoms with Crippen LogP contribution in [0.2, 0.25) is 4.34 Å². The van der Waals surface area contributed by atoms with E-state index in [9.17, 15) is 4.79 Å². The van der Waals surface area contributed by atoms with Crippen LogP contribution in [0.1, 0.15) is 32.3 Å². The molecule has 0 aliphatic carbocycles. The van der Waals surface area contributed by atoms with Crippen LogP contribution in [0.3, 0.4) is 0 Å². The third-order valence-electron chi connectivity index (χ3n) is 3.00. The van der Waals surface area contributed by atoms with Gasteiger partial charge in [0.2, 0.25) is 0 Å². The standard InChI is InChI=1S/C11H16ClNO2S/c1-3-8(13)11(2,5-10(14)15)7-4-9(12)16-6-7/h4,6,8H,3,5,13H2,1-2H3,(H,14,15). The van der Waals surface area contributed by atoms with E-state index in [1.807, 2.05) is 25.3 Å². The molecular formula is C11H16ClNO2S. The van der Waals surface area contributed by atoms with Crippen molar-refractivity contribution in [2.45, 2.75) is 38.1 Å². The first-order valence-corrected chi connectivity index (χ1v) is 6.37. The van der Waals surface area contributed by atoms with Crippen molar-refractivity contribution in [1.82, 2.24) is 0 Å². The number of nitrogens with two attached hydrogens (primary N) is 1. The molecular weight excluding hydrogens is 246 g/mol. The molecule has 3 nitrogen and oxygen atoms in total. The van der Waals surface area contributed by atoms with E-state index in [1.54, 1.807) is 0 Å². The number of hydrogen-bond donors (Lipinski definition) is 2. The predicted octanol–water partition coefficient (Wildman–Crippen LogP) is 2.87. The van der Waals surface area contributed by atoms with Crippen LogP contribution in [-0.4, -0.2) is 17.1 Å². The molecule has 5 heteroatoms. The minimum atomic E-state index is -0.839. The first-order chi connectivity index (χ1) is 7.40. The minimum Gasteiger partial charge on any atom is -0.481 e. The van der Waals surface area contributed by atoms with Crippen molar-refractivity contribution in [3.63, 3.8) is 0 Å². The summed E-state index contributed by atoms with van der Waals surface area (Å²) in [6.07, 6.45) is 0.756. The van der Waals surface area contributed by atoms with Crippen LogP contribution in [-0.2, 0) is 10.2 Å². The average Bonchev–Trinajstić information content (AvgIpc) is 2.62. The van der Waals surface area contributed by atoms with Gasteiger partial charge in [-0.15, -0.1) is 11.3 Å². The number of rotatable bonds is 5. The number of thiophene rings is 1. The lowest BCUT2D eigenvalue weighted by Crippen LogP contribution is -2.44. The Morgan fingerprint density at radius 2 is 2.38 bits per heavy atom. The lowest BCUT2D eigenvalue weighted by atomic mass is 9.74. The van der Waals surface area contributed by atoms with Gasteiger partial charge in [-0.25, -0.2) is 0 Å². The molecule has 0 aromatic carbocycles. The van der Waals surface area contributed by atoms with Gasteiger partial charge < -0.3 is 10.8 Å². The summed E-state index contributed by atoms with van der Waals surface area (Å²) in [6.45, 7) is 3.84. The lowest BCUT2D eigenvalue weighted by Gasteiger charge is -2.33. The molecule has 1 rings (SSSR count). The third kappa shape index (κ3) is 2.75. The Morgan fingerprint density at radius 3 is 2.75 bits per heavy atom. The molecule has 0 bridgehead atoms. The van der Waals surface area contributed by atoms with E-state index in [0.29, 0.717) is 4.34 Å². The van der Waals surface area contributed by atoms with Crippen LogP contribution in [0.15, 0.2) is 11.4 Å². The fourth-order valence-electron chi connectivity index (χ4n) is 1.82. The summed E-state index contributed by atoms with van der Waals surface area (Å²) in [6, 6.07) is 1.62. The molecule has 1 heterocycles. The molecule has 0 saturated carbocycles. The molecule has 0 amide bonds. The largest absolute Gasteiger partial charge is 0.481 e. The molecule has 3 N–H and O–H groups in total. The van der Waals surface area contributed by atoms with Gasteiger partial charge in [0.25, 0.3) is 0 Å². The molecule has 1 aromatic heterocycles. The highest BCUT2D eigenvalue weighted by molar-refractivity contribution is 7.14. The van der Waals surface area contributed by atoms with Gasteiger partial charge in [0.05, 0.1) is 10.8 Å². The van der Waals surface area contributed by atoms with Gasteiger partial charge in [0, 0.05) is 11.5 Å². The molecule has 2 atom stereocenters. The van der Waals surface area contributed by atoms with E-state index in [1.165, 1.54) is 11.3 Å². The number of carboxylic acids is 1. The number of hydrogen-bond acceptors (Lipinski definition) is 3. The van der Waals surface area contributed by atoms with Crippen LogP contribution in [0.5, 0.6) is 0 Å². The molecule has 90 valence electrons. The van der Waals surface area contributed by atoms with Crippen LogP contribution >= 0.6 is 22.9 Å². The van der Waals surface area contributed by atoms with Crippen molar-refractivity contribution in [2.75, 3.05) is 0 Å². The average molecular weight is 262 g/mol. The number of halogens is 1. The summed E-state index contributed by atoms with van der Waals surface area (Å²) in [7, 11) is 0. The first kappa shape index (κ1) is 13.5. The number of carbonyl (C=O) groups is 1. The van der Waals surface area contributed by atoms with Gasteiger partial charge in [0.1, 0.15) is 0 Å². The summed E-state index contributed by atoms with van der Waals surface area (Å²) in [5.74, 6) is -0.839. The highest BCUT2D eigenvalue weighted by Crippen LogP contribution is 2.36.